The number of rotatable bonds is 5. The van der Waals surface area contributed by atoms with Crippen LogP contribution in [-0.2, 0) is 9.53 Å². The van der Waals surface area contributed by atoms with Gasteiger partial charge in [0.25, 0.3) is 0 Å². The van der Waals surface area contributed by atoms with Gasteiger partial charge in [-0.2, -0.15) is 0 Å². The summed E-state index contributed by atoms with van der Waals surface area (Å²) in [5, 5.41) is 9.71. The molecule has 0 aliphatic rings. The van der Waals surface area contributed by atoms with Crippen LogP contribution in [0.5, 0.6) is 5.75 Å². The van der Waals surface area contributed by atoms with Crippen molar-refractivity contribution in [2.45, 2.75) is 40.2 Å². The number of phenolic OH excluding ortho intramolecular Hbond substituents is 1. The number of ketones is 1. The molecule has 0 saturated heterocycles. The van der Waals surface area contributed by atoms with E-state index in [0.717, 1.165) is 16.7 Å². The van der Waals surface area contributed by atoms with Crippen molar-refractivity contribution in [3.05, 3.63) is 28.8 Å². The van der Waals surface area contributed by atoms with Crippen molar-refractivity contribution in [3.8, 4) is 5.75 Å². The first-order valence-electron chi connectivity index (χ1n) is 5.95. The molecule has 17 heavy (non-hydrogen) atoms. The Bertz CT molecular complexity index is 387. The Morgan fingerprint density at radius 3 is 2.24 bits per heavy atom. The van der Waals surface area contributed by atoms with Gasteiger partial charge < -0.3 is 9.84 Å². The first-order chi connectivity index (χ1) is 8.01. The lowest BCUT2D eigenvalue weighted by molar-refractivity contribution is -0.130. The number of carbonyl (C=O) groups is 1. The number of aromatic hydroxyl groups is 1. The van der Waals surface area contributed by atoms with Crippen molar-refractivity contribution in [2.24, 2.45) is 0 Å². The highest BCUT2D eigenvalue weighted by Crippen LogP contribution is 2.28. The standard InChI is InChI=1S/C14H20O3/c1-5-12(15)14(17-6-2)11-7-9(3)13(16)10(4)8-11/h7-8,14,16H,5-6H2,1-4H3. The quantitative estimate of drug-likeness (QED) is 0.854. The zero-order chi connectivity index (χ0) is 13.0. The maximum Gasteiger partial charge on any atom is 0.165 e. The molecule has 3 heteroatoms. The summed E-state index contributed by atoms with van der Waals surface area (Å²) >= 11 is 0. The fourth-order valence-corrected chi connectivity index (χ4v) is 1.87. The normalized spacial score (nSPS) is 12.5. The zero-order valence-electron chi connectivity index (χ0n) is 10.9. The number of benzene rings is 1. The highest BCUT2D eigenvalue weighted by molar-refractivity contribution is 5.84. The molecular formula is C14H20O3. The van der Waals surface area contributed by atoms with Crippen molar-refractivity contribution in [2.75, 3.05) is 6.61 Å². The number of hydrogen-bond donors (Lipinski definition) is 1. The molecule has 1 N–H and O–H groups in total. The van der Waals surface area contributed by atoms with E-state index in [4.69, 9.17) is 4.74 Å². The number of ether oxygens (including phenoxy) is 1. The summed E-state index contributed by atoms with van der Waals surface area (Å²) in [6, 6.07) is 3.63. The van der Waals surface area contributed by atoms with Gasteiger partial charge in [0.15, 0.2) is 5.78 Å². The smallest absolute Gasteiger partial charge is 0.165 e. The van der Waals surface area contributed by atoms with Gasteiger partial charge in [-0.15, -0.1) is 0 Å². The third-order valence-corrected chi connectivity index (χ3v) is 2.79. The Labute approximate surface area is 102 Å². The first-order valence-corrected chi connectivity index (χ1v) is 5.95. The van der Waals surface area contributed by atoms with Crippen molar-refractivity contribution in [1.82, 2.24) is 0 Å². The van der Waals surface area contributed by atoms with E-state index >= 15 is 0 Å². The van der Waals surface area contributed by atoms with Gasteiger partial charge >= 0.3 is 0 Å². The zero-order valence-corrected chi connectivity index (χ0v) is 10.9. The van der Waals surface area contributed by atoms with E-state index in [-0.39, 0.29) is 11.5 Å². The molecule has 0 radical (unpaired) electrons. The summed E-state index contributed by atoms with van der Waals surface area (Å²) in [5.74, 6) is 0.351. The lowest BCUT2D eigenvalue weighted by Crippen LogP contribution is -2.15. The Kier molecular flexibility index (Phi) is 4.70. The Morgan fingerprint density at radius 2 is 1.82 bits per heavy atom. The molecule has 0 fully saturated rings. The summed E-state index contributed by atoms with van der Waals surface area (Å²) < 4.78 is 5.50. The molecule has 0 aromatic heterocycles. The van der Waals surface area contributed by atoms with E-state index in [1.807, 2.05) is 39.8 Å². The Morgan fingerprint density at radius 1 is 1.29 bits per heavy atom. The van der Waals surface area contributed by atoms with Crippen LogP contribution >= 0.6 is 0 Å². The fraction of sp³-hybridized carbons (Fsp3) is 0.500. The van der Waals surface area contributed by atoms with Crippen LogP contribution in [0.1, 0.15) is 43.1 Å². The van der Waals surface area contributed by atoms with Gasteiger partial charge in [-0.1, -0.05) is 6.92 Å². The average molecular weight is 236 g/mol. The van der Waals surface area contributed by atoms with Gasteiger partial charge in [0.05, 0.1) is 0 Å². The van der Waals surface area contributed by atoms with Gasteiger partial charge in [0.2, 0.25) is 0 Å². The Balaban J connectivity index is 3.14. The van der Waals surface area contributed by atoms with E-state index in [1.165, 1.54) is 0 Å². The maximum absolute atomic E-state index is 11.8. The molecular weight excluding hydrogens is 216 g/mol. The molecule has 0 aliphatic carbocycles. The SMILES string of the molecule is CCOC(C(=O)CC)c1cc(C)c(O)c(C)c1. The van der Waals surface area contributed by atoms with E-state index in [9.17, 15) is 9.90 Å². The van der Waals surface area contributed by atoms with Crippen molar-refractivity contribution in [3.63, 3.8) is 0 Å². The third-order valence-electron chi connectivity index (χ3n) is 2.79. The second-order valence-electron chi connectivity index (χ2n) is 4.16. The first kappa shape index (κ1) is 13.7. The number of Topliss-reactive ketones (excluding diaryl/α,β-unsaturated/α-hetero) is 1. The van der Waals surface area contributed by atoms with Gasteiger partial charge in [-0.05, 0) is 49.6 Å². The molecule has 0 bridgehead atoms. The molecule has 1 unspecified atom stereocenters. The molecule has 1 atom stereocenters. The van der Waals surface area contributed by atoms with E-state index in [1.54, 1.807) is 0 Å². The topological polar surface area (TPSA) is 46.5 Å². The number of carbonyl (C=O) groups excluding carboxylic acids is 1. The van der Waals surface area contributed by atoms with E-state index in [2.05, 4.69) is 0 Å². The molecule has 0 aliphatic heterocycles. The summed E-state index contributed by atoms with van der Waals surface area (Å²) in [7, 11) is 0. The summed E-state index contributed by atoms with van der Waals surface area (Å²) in [6.45, 7) is 7.84. The lowest BCUT2D eigenvalue weighted by Gasteiger charge is -2.17. The van der Waals surface area contributed by atoms with Crippen LogP contribution < -0.4 is 0 Å². The number of aryl methyl sites for hydroxylation is 2. The number of hydrogen-bond acceptors (Lipinski definition) is 3. The summed E-state index contributed by atoms with van der Waals surface area (Å²) in [6.07, 6.45) is -0.0631. The predicted molar refractivity (Wildman–Crippen MR) is 67.2 cm³/mol. The predicted octanol–water partition coefficient (Wildman–Crippen LogP) is 3.07. The van der Waals surface area contributed by atoms with E-state index in [0.29, 0.717) is 13.0 Å². The van der Waals surface area contributed by atoms with Gasteiger partial charge in [0, 0.05) is 13.0 Å². The number of phenols is 1. The van der Waals surface area contributed by atoms with Crippen LogP contribution in [0.25, 0.3) is 0 Å². The Hall–Kier alpha value is -1.35. The molecule has 94 valence electrons. The van der Waals surface area contributed by atoms with Crippen molar-refractivity contribution >= 4 is 5.78 Å². The van der Waals surface area contributed by atoms with Gasteiger partial charge in [0.1, 0.15) is 11.9 Å². The van der Waals surface area contributed by atoms with Crippen LogP contribution in [0.3, 0.4) is 0 Å². The fourth-order valence-electron chi connectivity index (χ4n) is 1.87. The molecule has 0 heterocycles. The minimum absolute atomic E-state index is 0.0661. The maximum atomic E-state index is 11.8. The van der Waals surface area contributed by atoms with Crippen LogP contribution in [-0.4, -0.2) is 17.5 Å². The molecule has 1 aromatic carbocycles. The monoisotopic (exact) mass is 236 g/mol. The van der Waals surface area contributed by atoms with Crippen LogP contribution in [0.15, 0.2) is 12.1 Å². The largest absolute Gasteiger partial charge is 0.507 e. The summed E-state index contributed by atoms with van der Waals surface area (Å²) in [5.41, 5.74) is 2.37. The lowest BCUT2D eigenvalue weighted by atomic mass is 9.98. The summed E-state index contributed by atoms with van der Waals surface area (Å²) in [4.78, 5) is 11.8. The van der Waals surface area contributed by atoms with Crippen LogP contribution in [0.4, 0.5) is 0 Å². The molecule has 0 spiro atoms. The van der Waals surface area contributed by atoms with Crippen molar-refractivity contribution in [1.29, 1.82) is 0 Å². The second kappa shape index (κ2) is 5.82. The molecule has 1 rings (SSSR count). The molecule has 0 saturated carbocycles. The van der Waals surface area contributed by atoms with Crippen LogP contribution in [0.2, 0.25) is 0 Å². The third kappa shape index (κ3) is 3.07. The second-order valence-corrected chi connectivity index (χ2v) is 4.16. The van der Waals surface area contributed by atoms with Crippen LogP contribution in [0, 0.1) is 13.8 Å². The molecule has 3 nitrogen and oxygen atoms in total. The molecule has 1 aromatic rings. The van der Waals surface area contributed by atoms with Gasteiger partial charge in [-0.3, -0.25) is 4.79 Å². The highest BCUT2D eigenvalue weighted by atomic mass is 16.5. The van der Waals surface area contributed by atoms with Crippen molar-refractivity contribution < 1.29 is 14.6 Å². The minimum Gasteiger partial charge on any atom is -0.507 e. The molecule has 0 amide bonds. The minimum atomic E-state index is -0.511. The average Bonchev–Trinajstić information content (AvgIpc) is 2.31. The highest BCUT2D eigenvalue weighted by Gasteiger charge is 2.20. The van der Waals surface area contributed by atoms with Gasteiger partial charge in [-0.25, -0.2) is 0 Å². The van der Waals surface area contributed by atoms with E-state index < -0.39 is 6.10 Å².